The van der Waals surface area contributed by atoms with Crippen molar-refractivity contribution in [1.82, 2.24) is 0 Å². The predicted octanol–water partition coefficient (Wildman–Crippen LogP) is 3.11. The molecule has 0 fully saturated rings. The molecule has 2 rings (SSSR count). The maximum atomic E-state index is 12.5. The van der Waals surface area contributed by atoms with E-state index >= 15 is 0 Å². The molecule has 1 heterocycles. The van der Waals surface area contributed by atoms with Crippen molar-refractivity contribution in [3.63, 3.8) is 0 Å². The van der Waals surface area contributed by atoms with Crippen molar-refractivity contribution in [2.45, 2.75) is 12.7 Å². The van der Waals surface area contributed by atoms with Gasteiger partial charge in [-0.1, -0.05) is 12.1 Å². The van der Waals surface area contributed by atoms with E-state index in [4.69, 9.17) is 0 Å². The first-order chi connectivity index (χ1) is 9.36. The molecule has 1 aromatic heterocycles. The quantitative estimate of drug-likeness (QED) is 0.784. The minimum Gasteiger partial charge on any atom is -0.377 e. The summed E-state index contributed by atoms with van der Waals surface area (Å²) >= 11 is 0. The number of benzene rings is 1. The SMILES string of the molecule is CN(C)c1cc[n+](Cc2ccc(C(F)(F)F)cc2)cc1. The van der Waals surface area contributed by atoms with Crippen LogP contribution >= 0.6 is 0 Å². The summed E-state index contributed by atoms with van der Waals surface area (Å²) in [6.45, 7) is 0.547. The molecule has 0 aliphatic carbocycles. The highest BCUT2D eigenvalue weighted by Crippen LogP contribution is 2.29. The fraction of sp³-hybridized carbons (Fsp3) is 0.267. The lowest BCUT2D eigenvalue weighted by Gasteiger charge is -2.10. The Balaban J connectivity index is 2.10. The summed E-state index contributed by atoms with van der Waals surface area (Å²) in [7, 11) is 3.91. The van der Waals surface area contributed by atoms with Crippen molar-refractivity contribution < 1.29 is 17.7 Å². The summed E-state index contributed by atoms with van der Waals surface area (Å²) in [5.74, 6) is 0. The molecule has 20 heavy (non-hydrogen) atoms. The summed E-state index contributed by atoms with van der Waals surface area (Å²) < 4.78 is 39.3. The summed E-state index contributed by atoms with van der Waals surface area (Å²) in [6, 6.07) is 9.17. The van der Waals surface area contributed by atoms with Crippen LogP contribution in [0, 0.1) is 0 Å². The van der Waals surface area contributed by atoms with Gasteiger partial charge in [-0.15, -0.1) is 0 Å². The van der Waals surface area contributed by atoms with Crippen LogP contribution in [0.1, 0.15) is 11.1 Å². The molecule has 0 radical (unpaired) electrons. The van der Waals surface area contributed by atoms with Gasteiger partial charge in [-0.3, -0.25) is 0 Å². The van der Waals surface area contributed by atoms with Crippen molar-refractivity contribution in [2.24, 2.45) is 0 Å². The topological polar surface area (TPSA) is 7.12 Å². The van der Waals surface area contributed by atoms with Gasteiger partial charge in [0.2, 0.25) is 0 Å². The zero-order chi connectivity index (χ0) is 14.8. The molecule has 0 aliphatic heterocycles. The first-order valence-corrected chi connectivity index (χ1v) is 6.19. The normalized spacial score (nSPS) is 11.4. The van der Waals surface area contributed by atoms with Crippen molar-refractivity contribution in [2.75, 3.05) is 19.0 Å². The van der Waals surface area contributed by atoms with Gasteiger partial charge < -0.3 is 4.90 Å². The minimum atomic E-state index is -4.28. The van der Waals surface area contributed by atoms with Gasteiger partial charge in [-0.2, -0.15) is 13.2 Å². The Hall–Kier alpha value is -2.04. The van der Waals surface area contributed by atoms with Gasteiger partial charge in [0.1, 0.15) is 0 Å². The third-order valence-electron chi connectivity index (χ3n) is 3.04. The Kier molecular flexibility index (Phi) is 3.97. The van der Waals surface area contributed by atoms with Gasteiger partial charge in [-0.25, -0.2) is 4.57 Å². The molecule has 0 aliphatic rings. The first kappa shape index (κ1) is 14.4. The number of hydrogen-bond acceptors (Lipinski definition) is 1. The number of aromatic nitrogens is 1. The highest BCUT2D eigenvalue weighted by molar-refractivity contribution is 5.41. The molecular weight excluding hydrogens is 265 g/mol. The van der Waals surface area contributed by atoms with E-state index in [0.29, 0.717) is 6.54 Å². The molecule has 0 N–H and O–H groups in total. The maximum absolute atomic E-state index is 12.5. The summed E-state index contributed by atoms with van der Waals surface area (Å²) in [6.07, 6.45) is -0.459. The standard InChI is InChI=1S/C15H16F3N2/c1-19(2)14-7-9-20(10-8-14)11-12-3-5-13(6-4-12)15(16,17)18/h3-10H,11H2,1-2H3/q+1. The Bertz CT molecular complexity index is 557. The number of anilines is 1. The minimum absolute atomic E-state index is 0.547. The van der Waals surface area contributed by atoms with E-state index in [1.807, 2.05) is 48.1 Å². The van der Waals surface area contributed by atoms with Crippen molar-refractivity contribution in [3.05, 3.63) is 59.9 Å². The second-order valence-electron chi connectivity index (χ2n) is 4.82. The van der Waals surface area contributed by atoms with Crippen LogP contribution in [0.3, 0.4) is 0 Å². The molecule has 5 heteroatoms. The van der Waals surface area contributed by atoms with E-state index in [0.717, 1.165) is 23.4 Å². The predicted molar refractivity (Wildman–Crippen MR) is 71.5 cm³/mol. The van der Waals surface area contributed by atoms with Gasteiger partial charge >= 0.3 is 6.18 Å². The van der Waals surface area contributed by atoms with E-state index in [9.17, 15) is 13.2 Å². The molecule has 2 aromatic rings. The lowest BCUT2D eigenvalue weighted by molar-refractivity contribution is -0.688. The van der Waals surface area contributed by atoms with Crippen LogP contribution in [0.2, 0.25) is 0 Å². The second-order valence-corrected chi connectivity index (χ2v) is 4.82. The Morgan fingerprint density at radius 3 is 1.95 bits per heavy atom. The smallest absolute Gasteiger partial charge is 0.377 e. The number of pyridine rings is 1. The van der Waals surface area contributed by atoms with Crippen LogP contribution in [-0.4, -0.2) is 14.1 Å². The summed E-state index contributed by atoms with van der Waals surface area (Å²) in [5, 5.41) is 0. The zero-order valence-corrected chi connectivity index (χ0v) is 11.4. The molecular formula is C15H16F3N2+. The van der Waals surface area contributed by atoms with Gasteiger partial charge in [0.25, 0.3) is 0 Å². The van der Waals surface area contributed by atoms with Gasteiger partial charge in [0.15, 0.2) is 18.9 Å². The van der Waals surface area contributed by atoms with Crippen LogP contribution in [0.25, 0.3) is 0 Å². The lowest BCUT2D eigenvalue weighted by Crippen LogP contribution is -2.33. The molecule has 0 atom stereocenters. The Morgan fingerprint density at radius 1 is 0.950 bits per heavy atom. The zero-order valence-electron chi connectivity index (χ0n) is 11.4. The number of alkyl halides is 3. The number of hydrogen-bond donors (Lipinski definition) is 0. The van der Waals surface area contributed by atoms with Crippen LogP contribution < -0.4 is 9.47 Å². The summed E-state index contributed by atoms with van der Waals surface area (Å²) in [4.78, 5) is 1.99. The Morgan fingerprint density at radius 2 is 1.50 bits per heavy atom. The number of halogens is 3. The third kappa shape index (κ3) is 3.50. The molecule has 2 nitrogen and oxygen atoms in total. The van der Waals surface area contributed by atoms with E-state index < -0.39 is 11.7 Å². The molecule has 0 saturated carbocycles. The lowest BCUT2D eigenvalue weighted by atomic mass is 10.1. The fourth-order valence-corrected chi connectivity index (χ4v) is 1.86. The van der Waals surface area contributed by atoms with E-state index in [-0.39, 0.29) is 0 Å². The van der Waals surface area contributed by atoms with Crippen LogP contribution in [0.15, 0.2) is 48.8 Å². The van der Waals surface area contributed by atoms with E-state index in [1.54, 1.807) is 0 Å². The largest absolute Gasteiger partial charge is 0.416 e. The first-order valence-electron chi connectivity index (χ1n) is 6.19. The third-order valence-corrected chi connectivity index (χ3v) is 3.04. The van der Waals surface area contributed by atoms with E-state index in [2.05, 4.69) is 0 Å². The maximum Gasteiger partial charge on any atom is 0.416 e. The highest BCUT2D eigenvalue weighted by atomic mass is 19.4. The molecule has 1 aromatic carbocycles. The van der Waals surface area contributed by atoms with Crippen molar-refractivity contribution in [1.29, 1.82) is 0 Å². The molecule has 0 spiro atoms. The summed E-state index contributed by atoms with van der Waals surface area (Å²) in [5.41, 5.74) is 1.29. The van der Waals surface area contributed by atoms with Gasteiger partial charge in [0.05, 0.1) is 5.56 Å². The van der Waals surface area contributed by atoms with Crippen LogP contribution in [0.4, 0.5) is 18.9 Å². The fourth-order valence-electron chi connectivity index (χ4n) is 1.86. The monoisotopic (exact) mass is 281 g/mol. The highest BCUT2D eigenvalue weighted by Gasteiger charge is 2.29. The van der Waals surface area contributed by atoms with Crippen LogP contribution in [-0.2, 0) is 12.7 Å². The molecule has 0 amide bonds. The number of nitrogens with zero attached hydrogens (tertiary/aromatic N) is 2. The second kappa shape index (κ2) is 5.53. The van der Waals surface area contributed by atoms with E-state index in [1.165, 1.54) is 12.1 Å². The van der Waals surface area contributed by atoms with Gasteiger partial charge in [0, 0.05) is 37.5 Å². The Labute approximate surface area is 116 Å². The average Bonchev–Trinajstić information content (AvgIpc) is 2.39. The van der Waals surface area contributed by atoms with Crippen molar-refractivity contribution in [3.8, 4) is 0 Å². The van der Waals surface area contributed by atoms with Crippen LogP contribution in [0.5, 0.6) is 0 Å². The molecule has 0 bridgehead atoms. The number of rotatable bonds is 3. The van der Waals surface area contributed by atoms with Crippen molar-refractivity contribution >= 4 is 5.69 Å². The molecule has 0 saturated heterocycles. The average molecular weight is 281 g/mol. The van der Waals surface area contributed by atoms with Gasteiger partial charge in [-0.05, 0) is 12.1 Å². The molecule has 0 unspecified atom stereocenters. The molecule has 106 valence electrons.